The van der Waals surface area contributed by atoms with Gasteiger partial charge >= 0.3 is 0 Å². The van der Waals surface area contributed by atoms with Crippen molar-refractivity contribution in [1.29, 1.82) is 0 Å². The van der Waals surface area contributed by atoms with E-state index in [2.05, 4.69) is 29.7 Å². The van der Waals surface area contributed by atoms with Crippen molar-refractivity contribution in [3.8, 4) is 0 Å². The number of hydrogen-bond acceptors (Lipinski definition) is 4. The number of amides is 1. The summed E-state index contributed by atoms with van der Waals surface area (Å²) in [7, 11) is 0. The highest BCUT2D eigenvalue weighted by atomic mass is 32.2. The van der Waals surface area contributed by atoms with E-state index in [9.17, 15) is 4.79 Å². The lowest BCUT2D eigenvalue weighted by Gasteiger charge is -2.16. The molecule has 0 spiro atoms. The molecule has 0 aliphatic rings. The Kier molecular flexibility index (Phi) is 7.15. The normalized spacial score (nSPS) is 13.1. The molecule has 24 heavy (non-hydrogen) atoms. The molecule has 0 aliphatic heterocycles. The average Bonchev–Trinajstić information content (AvgIpc) is 2.62. The summed E-state index contributed by atoms with van der Waals surface area (Å²) in [4.78, 5) is 12.0. The molecule has 0 fully saturated rings. The molecule has 4 nitrogen and oxygen atoms in total. The van der Waals surface area contributed by atoms with Crippen LogP contribution in [0.3, 0.4) is 0 Å². The van der Waals surface area contributed by atoms with Crippen LogP contribution in [0.4, 0.5) is 11.4 Å². The molecule has 4 N–H and O–H groups in total. The van der Waals surface area contributed by atoms with Crippen LogP contribution >= 0.6 is 11.8 Å². The van der Waals surface area contributed by atoms with Crippen LogP contribution in [0, 0.1) is 0 Å². The van der Waals surface area contributed by atoms with Crippen molar-refractivity contribution in [3.63, 3.8) is 0 Å². The molecular formula is C19H25N3OS. The average molecular weight is 343 g/mol. The lowest BCUT2D eigenvalue weighted by Crippen LogP contribution is -2.36. The third kappa shape index (κ3) is 5.58. The Balaban J connectivity index is 1.90. The lowest BCUT2D eigenvalue weighted by atomic mass is 10.1. The fourth-order valence-electron chi connectivity index (χ4n) is 2.34. The summed E-state index contributed by atoms with van der Waals surface area (Å²) in [5.41, 5.74) is 8.88. The van der Waals surface area contributed by atoms with Crippen LogP contribution in [0.1, 0.15) is 24.9 Å². The highest BCUT2D eigenvalue weighted by molar-refractivity contribution is 7.98. The molecule has 1 amide bonds. The van der Waals surface area contributed by atoms with Crippen LogP contribution in [0.5, 0.6) is 0 Å². The van der Waals surface area contributed by atoms with Crippen LogP contribution < -0.4 is 16.4 Å². The zero-order chi connectivity index (χ0) is 17.4. The molecule has 2 atom stereocenters. The number of nitrogens with two attached hydrogens (primary N) is 1. The number of benzene rings is 2. The summed E-state index contributed by atoms with van der Waals surface area (Å²) in [5, 5.41) is 6.31. The van der Waals surface area contributed by atoms with E-state index in [-0.39, 0.29) is 11.9 Å². The van der Waals surface area contributed by atoms with E-state index in [0.29, 0.717) is 6.42 Å². The van der Waals surface area contributed by atoms with Crippen molar-refractivity contribution >= 4 is 29.0 Å². The van der Waals surface area contributed by atoms with Gasteiger partial charge in [-0.2, -0.15) is 11.8 Å². The van der Waals surface area contributed by atoms with Crippen LogP contribution in [-0.4, -0.2) is 24.0 Å². The summed E-state index contributed by atoms with van der Waals surface area (Å²) in [6, 6.07) is 17.7. The molecule has 0 heterocycles. The SMILES string of the molecule is CSCC[C@H](N)C(=O)Nc1ccc(NC(C)c2ccccc2)cc1. The van der Waals surface area contributed by atoms with E-state index in [1.54, 1.807) is 11.8 Å². The molecule has 0 saturated heterocycles. The highest BCUT2D eigenvalue weighted by Crippen LogP contribution is 2.20. The van der Waals surface area contributed by atoms with E-state index in [1.807, 2.05) is 48.7 Å². The number of thioether (sulfide) groups is 1. The highest BCUT2D eigenvalue weighted by Gasteiger charge is 2.13. The second-order valence-corrected chi connectivity index (χ2v) is 6.72. The first-order valence-electron chi connectivity index (χ1n) is 8.07. The Bertz CT molecular complexity index is 631. The number of hydrogen-bond donors (Lipinski definition) is 3. The second kappa shape index (κ2) is 9.35. The van der Waals surface area contributed by atoms with Gasteiger partial charge in [0.25, 0.3) is 0 Å². The number of rotatable bonds is 8. The molecule has 1 unspecified atom stereocenters. The van der Waals surface area contributed by atoms with Gasteiger partial charge in [-0.1, -0.05) is 30.3 Å². The van der Waals surface area contributed by atoms with Crippen molar-refractivity contribution in [3.05, 3.63) is 60.2 Å². The zero-order valence-corrected chi connectivity index (χ0v) is 15.0. The van der Waals surface area contributed by atoms with Gasteiger partial charge in [0.1, 0.15) is 0 Å². The van der Waals surface area contributed by atoms with Gasteiger partial charge in [-0.05, 0) is 55.2 Å². The number of carbonyl (C=O) groups excluding carboxylic acids is 1. The summed E-state index contributed by atoms with van der Waals surface area (Å²) in [6.45, 7) is 2.12. The molecule has 0 bridgehead atoms. The van der Waals surface area contributed by atoms with Gasteiger partial charge in [-0.15, -0.1) is 0 Å². The van der Waals surface area contributed by atoms with Crippen LogP contribution in [0.2, 0.25) is 0 Å². The van der Waals surface area contributed by atoms with Crippen molar-refractivity contribution in [2.24, 2.45) is 5.73 Å². The fraction of sp³-hybridized carbons (Fsp3) is 0.316. The van der Waals surface area contributed by atoms with Crippen molar-refractivity contribution < 1.29 is 4.79 Å². The smallest absolute Gasteiger partial charge is 0.241 e. The summed E-state index contributed by atoms with van der Waals surface area (Å²) in [6.07, 6.45) is 2.69. The predicted molar refractivity (Wildman–Crippen MR) is 105 cm³/mol. The number of carbonyl (C=O) groups is 1. The quantitative estimate of drug-likeness (QED) is 0.680. The molecule has 0 aromatic heterocycles. The molecule has 0 radical (unpaired) electrons. The summed E-state index contributed by atoms with van der Waals surface area (Å²) < 4.78 is 0. The summed E-state index contributed by atoms with van der Waals surface area (Å²) >= 11 is 1.69. The maximum absolute atomic E-state index is 12.0. The fourth-order valence-corrected chi connectivity index (χ4v) is 2.83. The maximum Gasteiger partial charge on any atom is 0.241 e. The molecule has 5 heteroatoms. The molecule has 2 rings (SSSR count). The van der Waals surface area contributed by atoms with Crippen molar-refractivity contribution in [2.45, 2.75) is 25.4 Å². The van der Waals surface area contributed by atoms with Crippen molar-refractivity contribution in [1.82, 2.24) is 0 Å². The first kappa shape index (κ1) is 18.4. The van der Waals surface area contributed by atoms with Gasteiger partial charge in [-0.25, -0.2) is 0 Å². The Morgan fingerprint density at radius 1 is 1.08 bits per heavy atom. The van der Waals surface area contributed by atoms with Crippen LogP contribution in [-0.2, 0) is 4.79 Å². The molecule has 128 valence electrons. The van der Waals surface area contributed by atoms with Gasteiger partial charge in [0.05, 0.1) is 6.04 Å². The molecule has 0 saturated carbocycles. The number of anilines is 2. The van der Waals surface area contributed by atoms with E-state index >= 15 is 0 Å². The van der Waals surface area contributed by atoms with E-state index in [4.69, 9.17) is 5.73 Å². The van der Waals surface area contributed by atoms with Crippen LogP contribution in [0.15, 0.2) is 54.6 Å². The minimum atomic E-state index is -0.464. The predicted octanol–water partition coefficient (Wildman–Crippen LogP) is 3.88. The maximum atomic E-state index is 12.0. The third-order valence-corrected chi connectivity index (χ3v) is 4.45. The third-order valence-electron chi connectivity index (χ3n) is 3.80. The van der Waals surface area contributed by atoms with Gasteiger partial charge in [0.2, 0.25) is 5.91 Å². The Labute approximate surface area is 148 Å². The van der Waals surface area contributed by atoms with Gasteiger partial charge in [0.15, 0.2) is 0 Å². The molecule has 0 aliphatic carbocycles. The first-order valence-corrected chi connectivity index (χ1v) is 9.46. The molecule has 2 aromatic carbocycles. The van der Waals surface area contributed by atoms with Gasteiger partial charge < -0.3 is 16.4 Å². The minimum Gasteiger partial charge on any atom is -0.379 e. The standard InChI is InChI=1S/C19H25N3OS/c1-14(15-6-4-3-5-7-15)21-16-8-10-17(11-9-16)22-19(23)18(20)12-13-24-2/h3-11,14,18,21H,12-13,20H2,1-2H3,(H,22,23)/t14?,18-/m0/s1. The largest absolute Gasteiger partial charge is 0.379 e. The Hall–Kier alpha value is -1.98. The van der Waals surface area contributed by atoms with E-state index in [1.165, 1.54) is 5.56 Å². The first-order chi connectivity index (χ1) is 11.6. The van der Waals surface area contributed by atoms with Gasteiger partial charge in [0, 0.05) is 17.4 Å². The van der Waals surface area contributed by atoms with E-state index < -0.39 is 6.04 Å². The van der Waals surface area contributed by atoms with Crippen LogP contribution in [0.25, 0.3) is 0 Å². The monoisotopic (exact) mass is 343 g/mol. The summed E-state index contributed by atoms with van der Waals surface area (Å²) in [5.74, 6) is 0.747. The second-order valence-electron chi connectivity index (χ2n) is 5.73. The zero-order valence-electron chi connectivity index (χ0n) is 14.2. The Morgan fingerprint density at radius 2 is 1.71 bits per heavy atom. The number of nitrogens with one attached hydrogen (secondary N) is 2. The lowest BCUT2D eigenvalue weighted by molar-refractivity contribution is -0.117. The van der Waals surface area contributed by atoms with Crippen molar-refractivity contribution in [2.75, 3.05) is 22.6 Å². The van der Waals surface area contributed by atoms with Gasteiger partial charge in [-0.3, -0.25) is 4.79 Å². The minimum absolute atomic E-state index is 0.137. The topological polar surface area (TPSA) is 67.2 Å². The Morgan fingerprint density at radius 3 is 2.33 bits per heavy atom. The van der Waals surface area contributed by atoms with E-state index in [0.717, 1.165) is 17.1 Å². The molecule has 2 aromatic rings. The molecular weight excluding hydrogens is 318 g/mol.